The van der Waals surface area contributed by atoms with Crippen molar-refractivity contribution in [2.24, 2.45) is 0 Å². The lowest BCUT2D eigenvalue weighted by atomic mass is 9.86. The van der Waals surface area contributed by atoms with Crippen molar-refractivity contribution in [3.8, 4) is 0 Å². The fraction of sp³-hybridized carbons (Fsp3) is 0.280. The Morgan fingerprint density at radius 3 is 1.93 bits per heavy atom. The standard InChI is InChI=1S/C25H27NO3S/c1-25(2,3)21-16-14-19(15-17-21)23-18-29-24(20-10-6-4-7-11-20)26(23)30(27,28)22-12-8-5-9-13-22/h4-17,23-24H,18H2,1-3H3/t23-,24+/m1/s1. The summed E-state index contributed by atoms with van der Waals surface area (Å²) in [6, 6.07) is 25.9. The molecule has 0 saturated carbocycles. The molecule has 0 bridgehead atoms. The van der Waals surface area contributed by atoms with E-state index >= 15 is 0 Å². The highest BCUT2D eigenvalue weighted by Crippen LogP contribution is 2.43. The Hall–Kier alpha value is -2.47. The van der Waals surface area contributed by atoms with Crippen LogP contribution in [0.15, 0.2) is 89.8 Å². The molecule has 0 radical (unpaired) electrons. The zero-order chi connectivity index (χ0) is 21.4. The van der Waals surface area contributed by atoms with Crippen molar-refractivity contribution in [2.75, 3.05) is 6.61 Å². The molecule has 5 heteroatoms. The third-order valence-electron chi connectivity index (χ3n) is 5.52. The molecule has 0 aliphatic carbocycles. The quantitative estimate of drug-likeness (QED) is 0.563. The summed E-state index contributed by atoms with van der Waals surface area (Å²) in [6.07, 6.45) is -0.663. The Morgan fingerprint density at radius 2 is 1.37 bits per heavy atom. The van der Waals surface area contributed by atoms with E-state index in [9.17, 15) is 8.42 Å². The molecule has 3 aromatic rings. The van der Waals surface area contributed by atoms with Crippen molar-refractivity contribution < 1.29 is 13.2 Å². The highest BCUT2D eigenvalue weighted by atomic mass is 32.2. The lowest BCUT2D eigenvalue weighted by Crippen LogP contribution is -2.33. The largest absolute Gasteiger partial charge is 0.356 e. The van der Waals surface area contributed by atoms with Gasteiger partial charge in [0.1, 0.15) is 0 Å². The van der Waals surface area contributed by atoms with Gasteiger partial charge < -0.3 is 4.74 Å². The van der Waals surface area contributed by atoms with Gasteiger partial charge in [0.05, 0.1) is 17.5 Å². The van der Waals surface area contributed by atoms with E-state index in [2.05, 4.69) is 32.9 Å². The highest BCUT2D eigenvalue weighted by molar-refractivity contribution is 7.89. The van der Waals surface area contributed by atoms with E-state index < -0.39 is 22.3 Å². The first-order valence-electron chi connectivity index (χ1n) is 10.1. The molecule has 3 aromatic carbocycles. The Kier molecular flexibility index (Phi) is 5.53. The number of sulfonamides is 1. The van der Waals surface area contributed by atoms with Crippen LogP contribution in [0.1, 0.15) is 49.7 Å². The minimum Gasteiger partial charge on any atom is -0.356 e. The van der Waals surface area contributed by atoms with Gasteiger partial charge in [-0.3, -0.25) is 0 Å². The van der Waals surface area contributed by atoms with Crippen molar-refractivity contribution in [3.63, 3.8) is 0 Å². The molecular weight excluding hydrogens is 394 g/mol. The average molecular weight is 422 g/mol. The number of ether oxygens (including phenoxy) is 1. The average Bonchev–Trinajstić information content (AvgIpc) is 3.21. The smallest absolute Gasteiger partial charge is 0.246 e. The van der Waals surface area contributed by atoms with Crippen molar-refractivity contribution >= 4 is 10.0 Å². The first-order valence-corrected chi connectivity index (χ1v) is 11.6. The van der Waals surface area contributed by atoms with E-state index in [4.69, 9.17) is 4.74 Å². The molecule has 1 heterocycles. The molecule has 2 atom stereocenters. The van der Waals surface area contributed by atoms with Gasteiger partial charge in [-0.2, -0.15) is 4.31 Å². The van der Waals surface area contributed by atoms with E-state index in [1.807, 2.05) is 48.5 Å². The Bertz CT molecular complexity index is 1090. The fourth-order valence-corrected chi connectivity index (χ4v) is 5.51. The molecule has 0 aromatic heterocycles. The maximum absolute atomic E-state index is 13.7. The number of rotatable bonds is 4. The molecule has 4 nitrogen and oxygen atoms in total. The van der Waals surface area contributed by atoms with Gasteiger partial charge in [0.15, 0.2) is 6.23 Å². The number of hydrogen-bond acceptors (Lipinski definition) is 3. The normalized spacial score (nSPS) is 20.4. The predicted octanol–water partition coefficient (Wildman–Crippen LogP) is 5.45. The molecule has 0 N–H and O–H groups in total. The van der Waals surface area contributed by atoms with Crippen LogP contribution in [0.3, 0.4) is 0 Å². The van der Waals surface area contributed by atoms with Crippen molar-refractivity contribution in [1.82, 2.24) is 4.31 Å². The molecule has 1 saturated heterocycles. The minimum atomic E-state index is -3.76. The van der Waals surface area contributed by atoms with Gasteiger partial charge in [-0.05, 0) is 34.2 Å². The van der Waals surface area contributed by atoms with Gasteiger partial charge >= 0.3 is 0 Å². The molecule has 1 aliphatic heterocycles. The molecule has 1 aliphatic rings. The second-order valence-electron chi connectivity index (χ2n) is 8.63. The van der Waals surface area contributed by atoms with Crippen molar-refractivity contribution in [1.29, 1.82) is 0 Å². The zero-order valence-electron chi connectivity index (χ0n) is 17.5. The highest BCUT2D eigenvalue weighted by Gasteiger charge is 2.44. The molecule has 4 rings (SSSR count). The zero-order valence-corrected chi connectivity index (χ0v) is 18.3. The predicted molar refractivity (Wildman–Crippen MR) is 118 cm³/mol. The van der Waals surface area contributed by atoms with Crippen molar-refractivity contribution in [2.45, 2.75) is 43.4 Å². The Morgan fingerprint density at radius 1 is 0.800 bits per heavy atom. The monoisotopic (exact) mass is 421 g/mol. The van der Waals surface area contributed by atoms with Gasteiger partial charge in [-0.15, -0.1) is 0 Å². The SMILES string of the molecule is CC(C)(C)c1ccc([C@H]2CO[C@@H](c3ccccc3)N2S(=O)(=O)c2ccccc2)cc1. The molecule has 30 heavy (non-hydrogen) atoms. The Balaban J connectivity index is 1.78. The second kappa shape index (κ2) is 7.99. The molecule has 0 amide bonds. The van der Waals surface area contributed by atoms with E-state index in [1.54, 1.807) is 24.3 Å². The number of hydrogen-bond donors (Lipinski definition) is 0. The lowest BCUT2D eigenvalue weighted by molar-refractivity contribution is 0.0681. The third-order valence-corrected chi connectivity index (χ3v) is 7.38. The van der Waals surface area contributed by atoms with Crippen LogP contribution in [0.4, 0.5) is 0 Å². The van der Waals surface area contributed by atoms with Crippen LogP contribution in [0.2, 0.25) is 0 Å². The first kappa shape index (κ1) is 20.8. The molecule has 1 fully saturated rings. The van der Waals surface area contributed by atoms with E-state index in [1.165, 1.54) is 9.87 Å². The van der Waals surface area contributed by atoms with Crippen molar-refractivity contribution in [3.05, 3.63) is 102 Å². The Labute approximate surface area is 179 Å². The molecule has 0 spiro atoms. The van der Waals surface area contributed by atoms with Crippen LogP contribution < -0.4 is 0 Å². The lowest BCUT2D eigenvalue weighted by Gasteiger charge is -2.28. The maximum atomic E-state index is 13.7. The number of nitrogens with zero attached hydrogens (tertiary/aromatic N) is 1. The van der Waals surface area contributed by atoms with Gasteiger partial charge in [0.25, 0.3) is 0 Å². The van der Waals surface area contributed by atoms with Gasteiger partial charge in [0.2, 0.25) is 10.0 Å². The van der Waals surface area contributed by atoms with E-state index in [0.29, 0.717) is 6.61 Å². The molecular formula is C25H27NO3S. The van der Waals surface area contributed by atoms with Crippen LogP contribution in [-0.4, -0.2) is 19.3 Å². The first-order chi connectivity index (χ1) is 14.3. The van der Waals surface area contributed by atoms with Crippen LogP contribution in [0.25, 0.3) is 0 Å². The van der Waals surface area contributed by atoms with E-state index in [0.717, 1.165) is 11.1 Å². The molecule has 156 valence electrons. The second-order valence-corrected chi connectivity index (χ2v) is 10.5. The van der Waals surface area contributed by atoms with Crippen LogP contribution in [0.5, 0.6) is 0 Å². The summed E-state index contributed by atoms with van der Waals surface area (Å²) >= 11 is 0. The van der Waals surface area contributed by atoms with Gasteiger partial charge in [-0.1, -0.05) is 93.6 Å². The fourth-order valence-electron chi connectivity index (χ4n) is 3.81. The third kappa shape index (κ3) is 3.93. The van der Waals surface area contributed by atoms with Gasteiger partial charge in [-0.25, -0.2) is 8.42 Å². The topological polar surface area (TPSA) is 46.6 Å². The summed E-state index contributed by atoms with van der Waals surface area (Å²) in [7, 11) is -3.76. The van der Waals surface area contributed by atoms with Crippen LogP contribution >= 0.6 is 0 Å². The summed E-state index contributed by atoms with van der Waals surface area (Å²) < 4.78 is 34.9. The van der Waals surface area contributed by atoms with Crippen LogP contribution in [0, 0.1) is 0 Å². The summed E-state index contributed by atoms with van der Waals surface area (Å²) in [6.45, 7) is 6.80. The summed E-state index contributed by atoms with van der Waals surface area (Å²) in [5, 5.41) is 0. The van der Waals surface area contributed by atoms with Crippen LogP contribution in [-0.2, 0) is 20.2 Å². The molecule has 0 unspecified atom stereocenters. The summed E-state index contributed by atoms with van der Waals surface area (Å²) in [5.74, 6) is 0. The summed E-state index contributed by atoms with van der Waals surface area (Å²) in [5.41, 5.74) is 3.00. The minimum absolute atomic E-state index is 0.0348. The number of benzene rings is 3. The van der Waals surface area contributed by atoms with E-state index in [-0.39, 0.29) is 10.3 Å². The summed E-state index contributed by atoms with van der Waals surface area (Å²) in [4.78, 5) is 0.271. The maximum Gasteiger partial charge on any atom is 0.246 e. The van der Waals surface area contributed by atoms with Gasteiger partial charge in [0, 0.05) is 0 Å².